The molecule has 1 aromatic heterocycles. The molecule has 0 bridgehead atoms. The van der Waals surface area contributed by atoms with Crippen molar-refractivity contribution in [1.82, 2.24) is 25.1 Å². The van der Waals surface area contributed by atoms with Gasteiger partial charge < -0.3 is 20.0 Å². The number of anilines is 1. The predicted molar refractivity (Wildman–Crippen MR) is 107 cm³/mol. The molecule has 3 rings (SSSR count). The summed E-state index contributed by atoms with van der Waals surface area (Å²) in [5, 5.41) is 3.55. The zero-order valence-electron chi connectivity index (χ0n) is 16.3. The molecule has 0 radical (unpaired) electrons. The Kier molecular flexibility index (Phi) is 7.05. The van der Waals surface area contributed by atoms with Crippen LogP contribution < -0.4 is 10.2 Å². The smallest absolute Gasteiger partial charge is 0.225 e. The summed E-state index contributed by atoms with van der Waals surface area (Å²) >= 11 is 0. The second kappa shape index (κ2) is 9.71. The van der Waals surface area contributed by atoms with Gasteiger partial charge >= 0.3 is 0 Å². The molecule has 1 saturated heterocycles. The molecule has 0 unspecified atom stereocenters. The predicted octanol–water partition coefficient (Wildman–Crippen LogP) is 1.44. The Morgan fingerprint density at radius 3 is 2.50 bits per heavy atom. The molecule has 0 aromatic carbocycles. The van der Waals surface area contributed by atoms with Crippen LogP contribution in [0.2, 0.25) is 0 Å². The lowest BCUT2D eigenvalue weighted by Crippen LogP contribution is -2.53. The van der Waals surface area contributed by atoms with Crippen LogP contribution >= 0.6 is 0 Å². The van der Waals surface area contributed by atoms with E-state index in [0.717, 1.165) is 57.2 Å². The van der Waals surface area contributed by atoms with Crippen LogP contribution in [0.1, 0.15) is 32.1 Å². The Hall–Kier alpha value is -1.89. The van der Waals surface area contributed by atoms with Crippen molar-refractivity contribution < 1.29 is 0 Å². The lowest BCUT2D eigenvalue weighted by molar-refractivity contribution is 0.194. The Morgan fingerprint density at radius 1 is 1.15 bits per heavy atom. The summed E-state index contributed by atoms with van der Waals surface area (Å²) in [7, 11) is 4.14. The number of aliphatic imine (C=N–C) groups is 1. The van der Waals surface area contributed by atoms with E-state index in [4.69, 9.17) is 0 Å². The van der Waals surface area contributed by atoms with Crippen LogP contribution in [0.4, 0.5) is 5.95 Å². The molecule has 2 fully saturated rings. The Labute approximate surface area is 157 Å². The minimum absolute atomic E-state index is 0.766. The largest absolute Gasteiger partial charge is 0.355 e. The van der Waals surface area contributed by atoms with E-state index in [2.05, 4.69) is 42.0 Å². The molecule has 7 nitrogen and oxygen atoms in total. The topological polar surface area (TPSA) is 59.9 Å². The van der Waals surface area contributed by atoms with E-state index in [9.17, 15) is 0 Å². The van der Waals surface area contributed by atoms with Gasteiger partial charge in [0.2, 0.25) is 5.95 Å². The first-order valence-corrected chi connectivity index (χ1v) is 9.95. The van der Waals surface area contributed by atoms with E-state index in [0.29, 0.717) is 0 Å². The quantitative estimate of drug-likeness (QED) is 0.634. The molecule has 1 N–H and O–H groups in total. The summed E-state index contributed by atoms with van der Waals surface area (Å²) in [5.74, 6) is 1.83. The third kappa shape index (κ3) is 5.06. The SMILES string of the molecule is CN=C(NCCN(C)C1CCCCC1)N1CCN(c2ncccn2)CC1. The normalized spacial score (nSPS) is 19.9. The van der Waals surface area contributed by atoms with Gasteiger partial charge in [0.1, 0.15) is 0 Å². The fraction of sp³-hybridized carbons (Fsp3) is 0.737. The van der Waals surface area contributed by atoms with E-state index in [1.54, 1.807) is 12.4 Å². The highest BCUT2D eigenvalue weighted by molar-refractivity contribution is 5.80. The van der Waals surface area contributed by atoms with Gasteiger partial charge in [-0.3, -0.25) is 4.99 Å². The van der Waals surface area contributed by atoms with Gasteiger partial charge in [-0.2, -0.15) is 0 Å². The van der Waals surface area contributed by atoms with Gasteiger partial charge in [0.05, 0.1) is 0 Å². The monoisotopic (exact) mass is 359 g/mol. The van der Waals surface area contributed by atoms with Gasteiger partial charge in [-0.05, 0) is 26.0 Å². The van der Waals surface area contributed by atoms with Crippen LogP contribution in [0, 0.1) is 0 Å². The van der Waals surface area contributed by atoms with Crippen molar-refractivity contribution in [2.24, 2.45) is 4.99 Å². The molecule has 26 heavy (non-hydrogen) atoms. The molecule has 1 aliphatic carbocycles. The van der Waals surface area contributed by atoms with E-state index < -0.39 is 0 Å². The first-order valence-electron chi connectivity index (χ1n) is 9.95. The van der Waals surface area contributed by atoms with Crippen LogP contribution in [-0.2, 0) is 0 Å². The summed E-state index contributed by atoms with van der Waals surface area (Å²) in [6.07, 6.45) is 10.5. The fourth-order valence-electron chi connectivity index (χ4n) is 3.95. The molecule has 144 valence electrons. The second-order valence-corrected chi connectivity index (χ2v) is 7.27. The molecule has 2 aliphatic rings. The standard InChI is InChI=1S/C19H33N7/c1-20-18(23-11-12-24(2)17-7-4-3-5-8-17)25-13-15-26(16-14-25)19-21-9-6-10-22-19/h6,9-10,17H,3-5,7-8,11-16H2,1-2H3,(H,20,23). The van der Waals surface area contributed by atoms with Crippen molar-refractivity contribution in [2.45, 2.75) is 38.1 Å². The van der Waals surface area contributed by atoms with Crippen molar-refractivity contribution in [1.29, 1.82) is 0 Å². The number of rotatable bonds is 5. The summed E-state index contributed by atoms with van der Waals surface area (Å²) < 4.78 is 0. The molecule has 0 atom stereocenters. The number of hydrogen-bond donors (Lipinski definition) is 1. The average molecular weight is 360 g/mol. The second-order valence-electron chi connectivity index (χ2n) is 7.27. The molecule has 1 aromatic rings. The van der Waals surface area contributed by atoms with Gasteiger partial charge in [-0.15, -0.1) is 0 Å². The molecule has 1 saturated carbocycles. The van der Waals surface area contributed by atoms with Crippen molar-refractivity contribution in [2.75, 3.05) is 58.3 Å². The minimum atomic E-state index is 0.766. The van der Waals surface area contributed by atoms with Crippen LogP contribution in [0.5, 0.6) is 0 Å². The summed E-state index contributed by atoms with van der Waals surface area (Å²) in [6.45, 7) is 5.75. The van der Waals surface area contributed by atoms with E-state index in [1.807, 2.05) is 13.1 Å². The highest BCUT2D eigenvalue weighted by Gasteiger charge is 2.21. The van der Waals surface area contributed by atoms with Crippen molar-refractivity contribution in [3.8, 4) is 0 Å². The highest BCUT2D eigenvalue weighted by Crippen LogP contribution is 2.21. The van der Waals surface area contributed by atoms with Crippen LogP contribution in [-0.4, -0.2) is 85.1 Å². The maximum absolute atomic E-state index is 4.48. The molecule has 7 heteroatoms. The lowest BCUT2D eigenvalue weighted by Gasteiger charge is -2.37. The number of guanidine groups is 1. The molecule has 0 spiro atoms. The summed E-state index contributed by atoms with van der Waals surface area (Å²) in [6, 6.07) is 2.62. The first-order chi connectivity index (χ1) is 12.8. The molecular weight excluding hydrogens is 326 g/mol. The van der Waals surface area contributed by atoms with Gasteiger partial charge in [0.25, 0.3) is 0 Å². The Morgan fingerprint density at radius 2 is 1.85 bits per heavy atom. The number of hydrogen-bond acceptors (Lipinski definition) is 5. The van der Waals surface area contributed by atoms with E-state index in [1.165, 1.54) is 32.1 Å². The Balaban J connectivity index is 1.40. The summed E-state index contributed by atoms with van der Waals surface area (Å²) in [5.41, 5.74) is 0. The van der Waals surface area contributed by atoms with Crippen molar-refractivity contribution in [3.05, 3.63) is 18.5 Å². The highest BCUT2D eigenvalue weighted by atomic mass is 15.4. The minimum Gasteiger partial charge on any atom is -0.355 e. The lowest BCUT2D eigenvalue weighted by atomic mass is 9.94. The number of aromatic nitrogens is 2. The number of piperazine rings is 1. The zero-order chi connectivity index (χ0) is 18.2. The van der Waals surface area contributed by atoms with E-state index in [-0.39, 0.29) is 0 Å². The third-order valence-electron chi connectivity index (χ3n) is 5.57. The first kappa shape index (κ1) is 18.9. The van der Waals surface area contributed by atoms with Gasteiger partial charge in [-0.25, -0.2) is 9.97 Å². The van der Waals surface area contributed by atoms with Crippen LogP contribution in [0.15, 0.2) is 23.5 Å². The fourth-order valence-corrected chi connectivity index (χ4v) is 3.95. The van der Waals surface area contributed by atoms with Gasteiger partial charge in [0, 0.05) is 64.8 Å². The number of nitrogens with zero attached hydrogens (tertiary/aromatic N) is 6. The van der Waals surface area contributed by atoms with E-state index >= 15 is 0 Å². The number of nitrogens with one attached hydrogen (secondary N) is 1. The maximum atomic E-state index is 4.48. The van der Waals surface area contributed by atoms with Crippen molar-refractivity contribution >= 4 is 11.9 Å². The number of likely N-dealkylation sites (N-methyl/N-ethyl adjacent to an activating group) is 1. The molecular formula is C19H33N7. The maximum Gasteiger partial charge on any atom is 0.225 e. The van der Waals surface area contributed by atoms with Crippen molar-refractivity contribution in [3.63, 3.8) is 0 Å². The van der Waals surface area contributed by atoms with Crippen LogP contribution in [0.25, 0.3) is 0 Å². The molecule has 1 aliphatic heterocycles. The average Bonchev–Trinajstić information content (AvgIpc) is 2.72. The molecule has 0 amide bonds. The summed E-state index contributed by atoms with van der Waals surface area (Å²) in [4.78, 5) is 20.3. The van der Waals surface area contributed by atoms with Crippen LogP contribution in [0.3, 0.4) is 0 Å². The zero-order valence-corrected chi connectivity index (χ0v) is 16.3. The molecule has 2 heterocycles. The van der Waals surface area contributed by atoms with Gasteiger partial charge in [-0.1, -0.05) is 19.3 Å². The third-order valence-corrected chi connectivity index (χ3v) is 5.57. The Bertz CT molecular complexity index is 548. The van der Waals surface area contributed by atoms with Gasteiger partial charge in [0.15, 0.2) is 5.96 Å².